The molecule has 1 N–H and O–H groups in total. The molecule has 1 saturated heterocycles. The van der Waals surface area contributed by atoms with Crippen molar-refractivity contribution in [3.05, 3.63) is 30.0 Å². The summed E-state index contributed by atoms with van der Waals surface area (Å²) < 4.78 is 14.0. The van der Waals surface area contributed by atoms with Gasteiger partial charge in [0.15, 0.2) is 0 Å². The highest BCUT2D eigenvalue weighted by atomic mass is 32.2. The number of nitrogens with zero attached hydrogens (tertiary/aromatic N) is 2. The Morgan fingerprint density at radius 2 is 2.22 bits per heavy atom. The van der Waals surface area contributed by atoms with Gasteiger partial charge < -0.3 is 5.32 Å². The lowest BCUT2D eigenvalue weighted by molar-refractivity contribution is 0.382. The van der Waals surface area contributed by atoms with Crippen LogP contribution in [-0.4, -0.2) is 32.8 Å². The van der Waals surface area contributed by atoms with E-state index in [1.807, 2.05) is 29.9 Å². The zero-order chi connectivity index (χ0) is 12.5. The predicted molar refractivity (Wildman–Crippen MR) is 73.8 cm³/mol. The zero-order valence-corrected chi connectivity index (χ0v) is 11.2. The number of para-hydroxylation sites is 1. The Labute approximate surface area is 109 Å². The number of fused-ring (bicyclic) bond motifs is 1. The highest BCUT2D eigenvalue weighted by molar-refractivity contribution is 7.84. The molecule has 4 nitrogen and oxygen atoms in total. The van der Waals surface area contributed by atoms with Gasteiger partial charge in [-0.2, -0.15) is 5.10 Å². The van der Waals surface area contributed by atoms with E-state index in [2.05, 4.69) is 16.5 Å². The summed E-state index contributed by atoms with van der Waals surface area (Å²) in [6.07, 6.45) is 0. The summed E-state index contributed by atoms with van der Waals surface area (Å²) in [4.78, 5) is 0. The molecule has 0 radical (unpaired) electrons. The standard InChI is InChI=1S/C13H17N3OS/c1-16-13-5-3-2-4-11(13)12(15-16)9-18(17)8-10-6-14-7-10/h2-5,10,14H,6-9H2,1H3. The SMILES string of the molecule is Cn1nc(CS(=O)CC2CNC2)c2ccccc21. The van der Waals surface area contributed by atoms with Gasteiger partial charge >= 0.3 is 0 Å². The molecule has 0 saturated carbocycles. The van der Waals surface area contributed by atoms with Gasteiger partial charge in [0.2, 0.25) is 0 Å². The van der Waals surface area contributed by atoms with Crippen LogP contribution in [0.2, 0.25) is 0 Å². The molecule has 0 spiro atoms. The number of rotatable bonds is 4. The maximum Gasteiger partial charge on any atom is 0.0827 e. The van der Waals surface area contributed by atoms with Crippen LogP contribution in [0.5, 0.6) is 0 Å². The van der Waals surface area contributed by atoms with Crippen LogP contribution < -0.4 is 5.32 Å². The van der Waals surface area contributed by atoms with Crippen LogP contribution in [0.3, 0.4) is 0 Å². The van der Waals surface area contributed by atoms with Crippen LogP contribution in [0.15, 0.2) is 24.3 Å². The number of hydrogen-bond donors (Lipinski definition) is 1. The van der Waals surface area contributed by atoms with Gasteiger partial charge in [-0.25, -0.2) is 0 Å². The molecule has 96 valence electrons. The van der Waals surface area contributed by atoms with Crippen LogP contribution in [0, 0.1) is 5.92 Å². The summed E-state index contributed by atoms with van der Waals surface area (Å²) in [6.45, 7) is 2.02. The van der Waals surface area contributed by atoms with Crippen LogP contribution >= 0.6 is 0 Å². The zero-order valence-electron chi connectivity index (χ0n) is 10.4. The van der Waals surface area contributed by atoms with Crippen molar-refractivity contribution in [2.24, 2.45) is 13.0 Å². The fourth-order valence-electron chi connectivity index (χ4n) is 2.34. The van der Waals surface area contributed by atoms with Crippen molar-refractivity contribution in [1.29, 1.82) is 0 Å². The average Bonchev–Trinajstić information content (AvgIpc) is 2.62. The summed E-state index contributed by atoms with van der Waals surface area (Å²) in [6, 6.07) is 8.11. The van der Waals surface area contributed by atoms with E-state index < -0.39 is 10.8 Å². The lowest BCUT2D eigenvalue weighted by atomic mass is 10.1. The maximum absolute atomic E-state index is 12.1. The van der Waals surface area contributed by atoms with Crippen LogP contribution in [-0.2, 0) is 23.6 Å². The first kappa shape index (κ1) is 11.9. The lowest BCUT2D eigenvalue weighted by Crippen LogP contribution is -2.44. The third kappa shape index (κ3) is 2.20. The molecule has 0 bridgehead atoms. The van der Waals surface area contributed by atoms with Gasteiger partial charge in [-0.15, -0.1) is 0 Å². The predicted octanol–water partition coefficient (Wildman–Crippen LogP) is 1.04. The minimum absolute atomic E-state index is 0.567. The molecule has 18 heavy (non-hydrogen) atoms. The van der Waals surface area contributed by atoms with Crippen molar-refractivity contribution in [3.63, 3.8) is 0 Å². The smallest absolute Gasteiger partial charge is 0.0827 e. The van der Waals surface area contributed by atoms with E-state index in [9.17, 15) is 4.21 Å². The molecule has 2 aromatic rings. The molecule has 1 fully saturated rings. The summed E-state index contributed by atoms with van der Waals surface area (Å²) in [5.74, 6) is 1.94. The quantitative estimate of drug-likeness (QED) is 0.896. The van der Waals surface area contributed by atoms with E-state index in [4.69, 9.17) is 0 Å². The van der Waals surface area contributed by atoms with Crippen molar-refractivity contribution in [3.8, 4) is 0 Å². The molecule has 1 aliphatic heterocycles. The van der Waals surface area contributed by atoms with Crippen molar-refractivity contribution >= 4 is 21.7 Å². The van der Waals surface area contributed by atoms with Gasteiger partial charge in [0.25, 0.3) is 0 Å². The first-order chi connectivity index (χ1) is 8.74. The van der Waals surface area contributed by atoms with Gasteiger partial charge in [0.1, 0.15) is 0 Å². The molecule has 1 atom stereocenters. The van der Waals surface area contributed by atoms with Crippen LogP contribution in [0.4, 0.5) is 0 Å². The van der Waals surface area contributed by atoms with Gasteiger partial charge in [-0.1, -0.05) is 18.2 Å². The molecule has 5 heteroatoms. The molecule has 1 aromatic carbocycles. The number of benzene rings is 1. The summed E-state index contributed by atoms with van der Waals surface area (Å²) in [5.41, 5.74) is 2.06. The van der Waals surface area contributed by atoms with Crippen LogP contribution in [0.1, 0.15) is 5.69 Å². The second-order valence-electron chi connectivity index (χ2n) is 4.86. The van der Waals surface area contributed by atoms with E-state index >= 15 is 0 Å². The van der Waals surface area contributed by atoms with Crippen molar-refractivity contribution in [2.75, 3.05) is 18.8 Å². The molecule has 2 heterocycles. The maximum atomic E-state index is 12.1. The third-order valence-electron chi connectivity index (χ3n) is 3.42. The lowest BCUT2D eigenvalue weighted by Gasteiger charge is -2.26. The Kier molecular flexibility index (Phi) is 3.18. The summed E-state index contributed by atoms with van der Waals surface area (Å²) >= 11 is 0. The minimum atomic E-state index is -0.808. The number of aromatic nitrogens is 2. The molecular formula is C13H17N3OS. The Balaban J connectivity index is 1.79. The molecule has 1 aromatic heterocycles. The second-order valence-corrected chi connectivity index (χ2v) is 6.36. The molecule has 1 unspecified atom stereocenters. The van der Waals surface area contributed by atoms with E-state index in [1.54, 1.807) is 0 Å². The highest BCUT2D eigenvalue weighted by Gasteiger charge is 2.20. The highest BCUT2D eigenvalue weighted by Crippen LogP contribution is 2.19. The molecule has 1 aliphatic rings. The normalized spacial score (nSPS) is 17.8. The fourth-order valence-corrected chi connectivity index (χ4v) is 3.73. The van der Waals surface area contributed by atoms with E-state index in [0.29, 0.717) is 11.7 Å². The minimum Gasteiger partial charge on any atom is -0.316 e. The molecular weight excluding hydrogens is 246 g/mol. The number of aryl methyl sites for hydroxylation is 1. The topological polar surface area (TPSA) is 46.9 Å². The van der Waals surface area contributed by atoms with Gasteiger partial charge in [0.05, 0.1) is 17.0 Å². The number of nitrogens with one attached hydrogen (secondary N) is 1. The van der Waals surface area contributed by atoms with E-state index in [-0.39, 0.29) is 0 Å². The van der Waals surface area contributed by atoms with Crippen molar-refractivity contribution in [1.82, 2.24) is 15.1 Å². The van der Waals surface area contributed by atoms with Gasteiger partial charge in [-0.3, -0.25) is 8.89 Å². The van der Waals surface area contributed by atoms with Crippen molar-refractivity contribution < 1.29 is 4.21 Å². The Bertz CT molecular complexity index is 589. The summed E-state index contributed by atoms with van der Waals surface area (Å²) in [5, 5.41) is 8.82. The Morgan fingerprint density at radius 3 is 2.94 bits per heavy atom. The number of hydrogen-bond acceptors (Lipinski definition) is 3. The third-order valence-corrected chi connectivity index (χ3v) is 4.86. The first-order valence-electron chi connectivity index (χ1n) is 6.20. The Hall–Kier alpha value is -1.20. The van der Waals surface area contributed by atoms with Crippen molar-refractivity contribution in [2.45, 2.75) is 5.75 Å². The summed E-state index contributed by atoms with van der Waals surface area (Å²) in [7, 11) is 1.13. The van der Waals surface area contributed by atoms with Gasteiger partial charge in [0, 0.05) is 42.1 Å². The first-order valence-corrected chi connectivity index (χ1v) is 7.69. The molecule has 3 rings (SSSR count). The van der Waals surface area contributed by atoms with E-state index in [0.717, 1.165) is 35.4 Å². The van der Waals surface area contributed by atoms with E-state index in [1.165, 1.54) is 0 Å². The largest absolute Gasteiger partial charge is 0.316 e. The molecule has 0 aliphatic carbocycles. The van der Waals surface area contributed by atoms with Gasteiger partial charge in [-0.05, 0) is 12.0 Å². The molecule has 0 amide bonds. The van der Waals surface area contributed by atoms with Crippen LogP contribution in [0.25, 0.3) is 10.9 Å². The monoisotopic (exact) mass is 263 g/mol. The second kappa shape index (κ2) is 4.82. The average molecular weight is 263 g/mol. The fraction of sp³-hybridized carbons (Fsp3) is 0.462. The Morgan fingerprint density at radius 1 is 1.44 bits per heavy atom.